The number of methoxy groups -OCH3 is 2. The number of hydrogen-bond acceptors (Lipinski definition) is 8. The van der Waals surface area contributed by atoms with Crippen molar-refractivity contribution in [1.82, 2.24) is 15.0 Å². The molecule has 0 fully saturated rings. The number of aromatic amines is 1. The first-order valence-corrected chi connectivity index (χ1v) is 12.6. The number of nitrogens with zero attached hydrogens (tertiary/aromatic N) is 2. The number of aromatic nitrogens is 3. The predicted molar refractivity (Wildman–Crippen MR) is 146 cm³/mol. The Hall–Kier alpha value is -4.70. The average Bonchev–Trinajstić information content (AvgIpc) is 3.59. The SMILES string of the molecule is COc1ccc(-c2nc3ccc(C(=O)OC(C)C(=O)Nc4nc(-c5ccccc5OC)cs4)cc3[nH]2)cc1. The van der Waals surface area contributed by atoms with Crippen LogP contribution in [0.3, 0.4) is 0 Å². The van der Waals surface area contributed by atoms with Gasteiger partial charge in [-0.2, -0.15) is 0 Å². The molecule has 38 heavy (non-hydrogen) atoms. The third-order valence-electron chi connectivity index (χ3n) is 5.85. The zero-order valence-corrected chi connectivity index (χ0v) is 21.7. The maximum atomic E-state index is 12.8. The highest BCUT2D eigenvalue weighted by Crippen LogP contribution is 2.32. The van der Waals surface area contributed by atoms with Gasteiger partial charge in [-0.05, 0) is 61.5 Å². The molecule has 0 aliphatic heterocycles. The number of imidazole rings is 1. The van der Waals surface area contributed by atoms with Gasteiger partial charge in [0, 0.05) is 16.5 Å². The lowest BCUT2D eigenvalue weighted by Crippen LogP contribution is -2.30. The second kappa shape index (κ2) is 10.7. The summed E-state index contributed by atoms with van der Waals surface area (Å²) >= 11 is 1.27. The largest absolute Gasteiger partial charge is 0.497 e. The van der Waals surface area contributed by atoms with Crippen LogP contribution in [-0.4, -0.2) is 47.2 Å². The fourth-order valence-corrected chi connectivity index (χ4v) is 4.54. The van der Waals surface area contributed by atoms with Gasteiger partial charge in [0.05, 0.1) is 36.5 Å². The van der Waals surface area contributed by atoms with Gasteiger partial charge in [0.2, 0.25) is 0 Å². The number of rotatable bonds is 8. The highest BCUT2D eigenvalue weighted by atomic mass is 32.1. The van der Waals surface area contributed by atoms with Gasteiger partial charge in [-0.3, -0.25) is 10.1 Å². The van der Waals surface area contributed by atoms with E-state index >= 15 is 0 Å². The van der Waals surface area contributed by atoms with E-state index in [2.05, 4.69) is 20.3 Å². The quantitative estimate of drug-likeness (QED) is 0.254. The van der Waals surface area contributed by atoms with Crippen LogP contribution in [0.4, 0.5) is 5.13 Å². The molecule has 0 aliphatic carbocycles. The Labute approximate surface area is 222 Å². The van der Waals surface area contributed by atoms with Crippen LogP contribution < -0.4 is 14.8 Å². The van der Waals surface area contributed by atoms with Crippen molar-refractivity contribution in [2.24, 2.45) is 0 Å². The minimum atomic E-state index is -1.03. The van der Waals surface area contributed by atoms with E-state index < -0.39 is 18.0 Å². The van der Waals surface area contributed by atoms with Crippen LogP contribution >= 0.6 is 11.3 Å². The molecule has 2 N–H and O–H groups in total. The predicted octanol–water partition coefficient (Wildman–Crippen LogP) is 5.55. The molecule has 10 heteroatoms. The van der Waals surface area contributed by atoms with Crippen LogP contribution in [0.2, 0.25) is 0 Å². The molecule has 1 unspecified atom stereocenters. The maximum Gasteiger partial charge on any atom is 0.338 e. The molecule has 1 atom stereocenters. The summed E-state index contributed by atoms with van der Waals surface area (Å²) in [5.41, 5.74) is 4.05. The lowest BCUT2D eigenvalue weighted by atomic mass is 10.1. The first kappa shape index (κ1) is 25.0. The third-order valence-corrected chi connectivity index (χ3v) is 6.61. The molecule has 0 aliphatic rings. The summed E-state index contributed by atoms with van der Waals surface area (Å²) in [5, 5.41) is 4.93. The normalized spacial score (nSPS) is 11.7. The number of H-pyrrole nitrogens is 1. The van der Waals surface area contributed by atoms with E-state index in [4.69, 9.17) is 14.2 Å². The number of amides is 1. The summed E-state index contributed by atoms with van der Waals surface area (Å²) in [7, 11) is 3.20. The van der Waals surface area contributed by atoms with Crippen LogP contribution in [0.25, 0.3) is 33.7 Å². The Morgan fingerprint density at radius 2 is 1.76 bits per heavy atom. The van der Waals surface area contributed by atoms with E-state index in [1.54, 1.807) is 32.4 Å². The second-order valence-electron chi connectivity index (χ2n) is 8.32. The molecule has 0 saturated heterocycles. The molecule has 192 valence electrons. The lowest BCUT2D eigenvalue weighted by molar-refractivity contribution is -0.123. The number of para-hydroxylation sites is 1. The van der Waals surface area contributed by atoms with Crippen molar-refractivity contribution in [2.45, 2.75) is 13.0 Å². The number of ether oxygens (including phenoxy) is 3. The number of hydrogen-bond donors (Lipinski definition) is 2. The zero-order chi connectivity index (χ0) is 26.6. The van der Waals surface area contributed by atoms with Crippen molar-refractivity contribution < 1.29 is 23.8 Å². The summed E-state index contributed by atoms with van der Waals surface area (Å²) in [5.74, 6) is 0.993. The molecule has 0 radical (unpaired) electrons. The summed E-state index contributed by atoms with van der Waals surface area (Å²) in [6, 6.07) is 20.0. The molecule has 9 nitrogen and oxygen atoms in total. The Bertz CT molecular complexity index is 1610. The van der Waals surface area contributed by atoms with Crippen LogP contribution in [-0.2, 0) is 9.53 Å². The van der Waals surface area contributed by atoms with Crippen LogP contribution in [0.1, 0.15) is 17.3 Å². The molecule has 0 bridgehead atoms. The summed E-state index contributed by atoms with van der Waals surface area (Å²) in [6.45, 7) is 1.51. The Morgan fingerprint density at radius 1 is 0.974 bits per heavy atom. The van der Waals surface area contributed by atoms with Gasteiger partial charge in [-0.25, -0.2) is 14.8 Å². The van der Waals surface area contributed by atoms with E-state index in [-0.39, 0.29) is 0 Å². The topological polar surface area (TPSA) is 115 Å². The number of carbonyl (C=O) groups is 2. The molecule has 0 saturated carbocycles. The van der Waals surface area contributed by atoms with Gasteiger partial charge < -0.3 is 19.2 Å². The molecular formula is C28H24N4O5S. The number of esters is 1. The summed E-state index contributed by atoms with van der Waals surface area (Å²) in [6.07, 6.45) is -1.03. The number of nitrogens with one attached hydrogen (secondary N) is 2. The number of benzene rings is 3. The average molecular weight is 529 g/mol. The monoisotopic (exact) mass is 528 g/mol. The first-order valence-electron chi connectivity index (χ1n) is 11.7. The minimum Gasteiger partial charge on any atom is -0.497 e. The Kier molecular flexibility index (Phi) is 7.05. The van der Waals surface area contributed by atoms with E-state index in [1.807, 2.05) is 53.9 Å². The number of anilines is 1. The van der Waals surface area contributed by atoms with E-state index in [9.17, 15) is 9.59 Å². The van der Waals surface area contributed by atoms with Crippen molar-refractivity contribution in [3.63, 3.8) is 0 Å². The second-order valence-corrected chi connectivity index (χ2v) is 9.18. The van der Waals surface area contributed by atoms with Crippen molar-refractivity contribution in [3.8, 4) is 34.1 Å². The van der Waals surface area contributed by atoms with Crippen LogP contribution in [0.15, 0.2) is 72.1 Å². The van der Waals surface area contributed by atoms with Gasteiger partial charge in [-0.1, -0.05) is 12.1 Å². The van der Waals surface area contributed by atoms with Gasteiger partial charge in [-0.15, -0.1) is 11.3 Å². The number of fused-ring (bicyclic) bond motifs is 1. The van der Waals surface area contributed by atoms with Crippen molar-refractivity contribution in [1.29, 1.82) is 0 Å². The van der Waals surface area contributed by atoms with Gasteiger partial charge in [0.25, 0.3) is 5.91 Å². The maximum absolute atomic E-state index is 12.8. The summed E-state index contributed by atoms with van der Waals surface area (Å²) < 4.78 is 16.0. The number of carbonyl (C=O) groups excluding carboxylic acids is 2. The molecule has 3 aromatic carbocycles. The molecule has 5 rings (SSSR count). The molecule has 5 aromatic rings. The molecule has 0 spiro atoms. The van der Waals surface area contributed by atoms with Crippen molar-refractivity contribution >= 4 is 39.4 Å². The molecular weight excluding hydrogens is 504 g/mol. The highest BCUT2D eigenvalue weighted by Gasteiger charge is 2.21. The van der Waals surface area contributed by atoms with Gasteiger partial charge in [0.15, 0.2) is 11.2 Å². The standard InChI is InChI=1S/C28H24N4O5S/c1-16(26(33)32-28-31-23(15-38-28)20-6-4-5-7-24(20)36-3)37-27(34)18-10-13-21-22(14-18)30-25(29-21)17-8-11-19(35-2)12-9-17/h4-16H,1-3H3,(H,29,30)(H,31,32,33). The summed E-state index contributed by atoms with van der Waals surface area (Å²) in [4.78, 5) is 37.8. The first-order chi connectivity index (χ1) is 18.4. The Morgan fingerprint density at radius 3 is 2.53 bits per heavy atom. The molecule has 2 heterocycles. The fraction of sp³-hybridized carbons (Fsp3) is 0.143. The van der Waals surface area contributed by atoms with E-state index in [0.29, 0.717) is 39.0 Å². The van der Waals surface area contributed by atoms with E-state index in [0.717, 1.165) is 16.9 Å². The van der Waals surface area contributed by atoms with Gasteiger partial charge >= 0.3 is 5.97 Å². The van der Waals surface area contributed by atoms with E-state index in [1.165, 1.54) is 18.3 Å². The van der Waals surface area contributed by atoms with Crippen LogP contribution in [0.5, 0.6) is 11.5 Å². The minimum absolute atomic E-state index is 0.301. The highest BCUT2D eigenvalue weighted by molar-refractivity contribution is 7.14. The zero-order valence-electron chi connectivity index (χ0n) is 20.8. The lowest BCUT2D eigenvalue weighted by Gasteiger charge is -2.12. The van der Waals surface area contributed by atoms with Crippen molar-refractivity contribution in [2.75, 3.05) is 19.5 Å². The molecule has 2 aromatic heterocycles. The third kappa shape index (κ3) is 5.21. The van der Waals surface area contributed by atoms with Crippen molar-refractivity contribution in [3.05, 3.63) is 77.7 Å². The smallest absolute Gasteiger partial charge is 0.338 e. The number of thiazole rings is 1. The van der Waals surface area contributed by atoms with Gasteiger partial charge in [0.1, 0.15) is 17.3 Å². The Balaban J connectivity index is 1.24. The molecule has 1 amide bonds. The fourth-order valence-electron chi connectivity index (χ4n) is 3.82. The van der Waals surface area contributed by atoms with Crippen LogP contribution in [0, 0.1) is 0 Å².